The zero-order chi connectivity index (χ0) is 23.5. The lowest BCUT2D eigenvalue weighted by atomic mass is 9.96. The fraction of sp³-hybridized carbons (Fsp3) is 0.348. The van der Waals surface area contributed by atoms with Gasteiger partial charge in [0.05, 0.1) is 10.9 Å². The molecular formula is C23H26N6O4. The van der Waals surface area contributed by atoms with E-state index in [0.29, 0.717) is 29.1 Å². The van der Waals surface area contributed by atoms with Crippen LogP contribution in [0.25, 0.3) is 10.9 Å². The molecule has 1 aromatic carbocycles. The topological polar surface area (TPSA) is 118 Å². The normalized spacial score (nSPS) is 14.3. The van der Waals surface area contributed by atoms with Gasteiger partial charge in [0.2, 0.25) is 0 Å². The number of nitrogens with zero attached hydrogens (tertiary/aromatic N) is 4. The maximum Gasteiger partial charge on any atom is 0.330 e. The summed E-state index contributed by atoms with van der Waals surface area (Å²) in [6, 6.07) is 8.54. The molecule has 1 saturated heterocycles. The average molecular weight is 450 g/mol. The molecule has 10 nitrogen and oxygen atoms in total. The average Bonchev–Trinajstić information content (AvgIpc) is 2.85. The van der Waals surface area contributed by atoms with Gasteiger partial charge < -0.3 is 15.5 Å². The molecule has 33 heavy (non-hydrogen) atoms. The van der Waals surface area contributed by atoms with Gasteiger partial charge in [-0.2, -0.15) is 0 Å². The lowest BCUT2D eigenvalue weighted by Crippen LogP contribution is -2.41. The third kappa shape index (κ3) is 4.64. The van der Waals surface area contributed by atoms with E-state index in [-0.39, 0.29) is 0 Å². The SMILES string of the molecule is Cn1c(=O)c2ccc(NC(=O)C(=O)NCC3CCN(c4ccncc4)CC3)cc2n(C)c1=O. The van der Waals surface area contributed by atoms with Crippen molar-refractivity contribution >= 4 is 34.1 Å². The van der Waals surface area contributed by atoms with E-state index in [9.17, 15) is 19.2 Å². The molecule has 0 bridgehead atoms. The molecule has 2 aromatic heterocycles. The highest BCUT2D eigenvalue weighted by molar-refractivity contribution is 6.39. The third-order valence-corrected chi connectivity index (χ3v) is 6.13. The van der Waals surface area contributed by atoms with Gasteiger partial charge in [-0.05, 0) is 49.1 Å². The molecule has 10 heteroatoms. The zero-order valence-electron chi connectivity index (χ0n) is 18.6. The molecule has 3 aromatic rings. The third-order valence-electron chi connectivity index (χ3n) is 6.13. The van der Waals surface area contributed by atoms with Crippen LogP contribution in [0.5, 0.6) is 0 Å². The van der Waals surface area contributed by atoms with Crippen molar-refractivity contribution in [3.63, 3.8) is 0 Å². The first-order chi connectivity index (χ1) is 15.8. The molecule has 1 fully saturated rings. The van der Waals surface area contributed by atoms with Crippen LogP contribution in [0.4, 0.5) is 11.4 Å². The zero-order valence-corrected chi connectivity index (χ0v) is 18.6. The Morgan fingerprint density at radius 1 is 1.00 bits per heavy atom. The number of carbonyl (C=O) groups excluding carboxylic acids is 2. The smallest absolute Gasteiger partial charge is 0.330 e. The van der Waals surface area contributed by atoms with Crippen molar-refractivity contribution in [2.24, 2.45) is 20.0 Å². The quantitative estimate of drug-likeness (QED) is 0.562. The lowest BCUT2D eigenvalue weighted by molar-refractivity contribution is -0.136. The number of hydrogen-bond donors (Lipinski definition) is 2. The molecule has 2 N–H and O–H groups in total. The van der Waals surface area contributed by atoms with Gasteiger partial charge in [-0.3, -0.25) is 28.5 Å². The molecule has 172 valence electrons. The minimum atomic E-state index is -0.794. The second-order valence-corrected chi connectivity index (χ2v) is 8.24. The van der Waals surface area contributed by atoms with Crippen LogP contribution in [-0.2, 0) is 23.7 Å². The molecule has 4 rings (SSSR count). The Kier molecular flexibility index (Phi) is 6.25. The number of fused-ring (bicyclic) bond motifs is 1. The molecule has 0 spiro atoms. The van der Waals surface area contributed by atoms with Crippen molar-refractivity contribution < 1.29 is 9.59 Å². The number of rotatable bonds is 4. The number of piperidine rings is 1. The number of hydrogen-bond acceptors (Lipinski definition) is 6. The monoisotopic (exact) mass is 450 g/mol. The molecule has 0 atom stereocenters. The fourth-order valence-electron chi connectivity index (χ4n) is 4.12. The van der Waals surface area contributed by atoms with Gasteiger partial charge in [0.1, 0.15) is 0 Å². The van der Waals surface area contributed by atoms with Crippen molar-refractivity contribution in [2.75, 3.05) is 29.9 Å². The molecule has 0 aliphatic carbocycles. The van der Waals surface area contributed by atoms with Crippen molar-refractivity contribution in [3.05, 3.63) is 63.6 Å². The first kappa shape index (κ1) is 22.3. The number of anilines is 2. The van der Waals surface area contributed by atoms with E-state index in [1.807, 2.05) is 12.1 Å². The highest BCUT2D eigenvalue weighted by Crippen LogP contribution is 2.22. The Bertz CT molecular complexity index is 1310. The predicted octanol–water partition coefficient (Wildman–Crippen LogP) is 0.604. The van der Waals surface area contributed by atoms with E-state index in [1.165, 1.54) is 29.8 Å². The number of benzene rings is 1. The fourth-order valence-corrected chi connectivity index (χ4v) is 4.12. The number of carbonyl (C=O) groups is 2. The van der Waals surface area contributed by atoms with Crippen LogP contribution < -0.4 is 26.8 Å². The van der Waals surface area contributed by atoms with Crippen LogP contribution in [0, 0.1) is 5.92 Å². The summed E-state index contributed by atoms with van der Waals surface area (Å²) in [5.74, 6) is -1.21. The van der Waals surface area contributed by atoms with Crippen LogP contribution in [-0.4, -0.2) is 45.6 Å². The largest absolute Gasteiger partial charge is 0.371 e. The number of nitrogens with one attached hydrogen (secondary N) is 2. The minimum Gasteiger partial charge on any atom is -0.371 e. The predicted molar refractivity (Wildman–Crippen MR) is 125 cm³/mol. The standard InChI is InChI=1S/C23H26N6O4/c1-27-19-13-16(3-4-18(19)22(32)28(2)23(27)33)26-21(31)20(30)25-14-15-7-11-29(12-8-15)17-5-9-24-10-6-17/h3-6,9-10,13,15H,7-8,11-12,14H2,1-2H3,(H,25,30)(H,26,31). The van der Waals surface area contributed by atoms with Crippen LogP contribution in [0.15, 0.2) is 52.3 Å². The van der Waals surface area contributed by atoms with Crippen LogP contribution in [0.1, 0.15) is 12.8 Å². The van der Waals surface area contributed by atoms with Crippen LogP contribution in [0.2, 0.25) is 0 Å². The molecule has 3 heterocycles. The Morgan fingerprint density at radius 2 is 1.70 bits per heavy atom. The van der Waals surface area contributed by atoms with E-state index in [1.54, 1.807) is 19.4 Å². The van der Waals surface area contributed by atoms with Gasteiger partial charge in [0.25, 0.3) is 5.56 Å². The van der Waals surface area contributed by atoms with Gasteiger partial charge in [0.15, 0.2) is 0 Å². The number of pyridine rings is 1. The van der Waals surface area contributed by atoms with E-state index >= 15 is 0 Å². The number of aryl methyl sites for hydroxylation is 1. The molecule has 0 saturated carbocycles. The van der Waals surface area contributed by atoms with Gasteiger partial charge in [-0.15, -0.1) is 0 Å². The van der Waals surface area contributed by atoms with Gasteiger partial charge >= 0.3 is 17.5 Å². The summed E-state index contributed by atoms with van der Waals surface area (Å²) >= 11 is 0. The number of aromatic nitrogens is 3. The highest BCUT2D eigenvalue weighted by atomic mass is 16.2. The summed E-state index contributed by atoms with van der Waals surface area (Å²) in [7, 11) is 2.95. The van der Waals surface area contributed by atoms with E-state index in [4.69, 9.17) is 0 Å². The molecular weight excluding hydrogens is 424 g/mol. The first-order valence-corrected chi connectivity index (χ1v) is 10.8. The summed E-state index contributed by atoms with van der Waals surface area (Å²) in [6.45, 7) is 2.19. The highest BCUT2D eigenvalue weighted by Gasteiger charge is 2.22. The summed E-state index contributed by atoms with van der Waals surface area (Å²) in [5, 5.41) is 5.60. The Labute approximate surface area is 189 Å². The van der Waals surface area contributed by atoms with Crippen LogP contribution in [0.3, 0.4) is 0 Å². The maximum absolute atomic E-state index is 12.4. The van der Waals surface area contributed by atoms with Gasteiger partial charge in [-0.1, -0.05) is 0 Å². The molecule has 1 aliphatic heterocycles. The first-order valence-electron chi connectivity index (χ1n) is 10.8. The molecule has 2 amide bonds. The minimum absolute atomic E-state index is 0.297. The van der Waals surface area contributed by atoms with Crippen LogP contribution >= 0.6 is 0 Å². The second kappa shape index (κ2) is 9.27. The Morgan fingerprint density at radius 3 is 2.39 bits per heavy atom. The molecule has 1 aliphatic rings. The van der Waals surface area contributed by atoms with Crippen molar-refractivity contribution in [3.8, 4) is 0 Å². The Balaban J connectivity index is 1.33. The second-order valence-electron chi connectivity index (χ2n) is 8.24. The van der Waals surface area contributed by atoms with Gasteiger partial charge in [0, 0.05) is 57.5 Å². The van der Waals surface area contributed by atoms with E-state index in [0.717, 1.165) is 36.2 Å². The summed E-state index contributed by atoms with van der Waals surface area (Å²) in [5.41, 5.74) is 0.957. The Hall–Kier alpha value is -3.95. The van der Waals surface area contributed by atoms with E-state index < -0.39 is 23.1 Å². The lowest BCUT2D eigenvalue weighted by Gasteiger charge is -2.33. The maximum atomic E-state index is 12.4. The van der Waals surface area contributed by atoms with Gasteiger partial charge in [-0.25, -0.2) is 4.79 Å². The van der Waals surface area contributed by atoms with E-state index in [2.05, 4.69) is 20.5 Å². The molecule has 0 unspecified atom stereocenters. The summed E-state index contributed by atoms with van der Waals surface area (Å²) in [6.07, 6.45) is 5.37. The van der Waals surface area contributed by atoms with Crippen molar-refractivity contribution in [1.29, 1.82) is 0 Å². The van der Waals surface area contributed by atoms with Crippen molar-refractivity contribution in [1.82, 2.24) is 19.4 Å². The summed E-state index contributed by atoms with van der Waals surface area (Å²) in [4.78, 5) is 55.4. The van der Waals surface area contributed by atoms with Crippen molar-refractivity contribution in [2.45, 2.75) is 12.8 Å². The number of amides is 2. The summed E-state index contributed by atoms with van der Waals surface area (Å²) < 4.78 is 2.35. The molecule has 0 radical (unpaired) electrons.